The Kier molecular flexibility index (Phi) is 3.51. The van der Waals surface area contributed by atoms with E-state index >= 15 is 0 Å². The van der Waals surface area contributed by atoms with Gasteiger partial charge in [0, 0.05) is 0 Å². The molecule has 0 atom stereocenters. The molecule has 1 heterocycles. The summed E-state index contributed by atoms with van der Waals surface area (Å²) in [6.45, 7) is -0.116. The molecule has 3 rings (SSSR count). The third kappa shape index (κ3) is 2.87. The van der Waals surface area contributed by atoms with Gasteiger partial charge in [-0.2, -0.15) is 13.2 Å². The Morgan fingerprint density at radius 1 is 1.13 bits per heavy atom. The van der Waals surface area contributed by atoms with Crippen LogP contribution in [-0.4, -0.2) is 26.1 Å². The summed E-state index contributed by atoms with van der Waals surface area (Å²) in [5, 5.41) is 17.2. The fourth-order valence-electron chi connectivity index (χ4n) is 2.34. The van der Waals surface area contributed by atoms with Crippen LogP contribution in [-0.2, 0) is 12.7 Å². The van der Waals surface area contributed by atoms with Crippen molar-refractivity contribution in [3.63, 3.8) is 0 Å². The van der Waals surface area contributed by atoms with Crippen LogP contribution in [0.4, 0.5) is 13.2 Å². The zero-order valence-corrected chi connectivity index (χ0v) is 11.6. The highest BCUT2D eigenvalue weighted by Gasteiger charge is 2.41. The van der Waals surface area contributed by atoms with Crippen LogP contribution in [0.3, 0.4) is 0 Å². The van der Waals surface area contributed by atoms with Crippen molar-refractivity contribution in [2.24, 2.45) is 0 Å². The standard InChI is InChI=1S/C15H10F3N3O2/c16-15(17,18)13-12(14(22)23)21(20-19-13)8-9-5-6-10-3-1-2-4-11(10)7-9/h1-7H,8H2,(H,22,23). The fraction of sp³-hybridized carbons (Fsp3) is 0.133. The van der Waals surface area contributed by atoms with Gasteiger partial charge in [-0.15, -0.1) is 5.10 Å². The number of aromatic carboxylic acids is 1. The molecule has 0 radical (unpaired) electrons. The smallest absolute Gasteiger partial charge is 0.437 e. The molecule has 0 bridgehead atoms. The first-order valence-corrected chi connectivity index (χ1v) is 6.58. The molecule has 0 aliphatic heterocycles. The fourth-order valence-corrected chi connectivity index (χ4v) is 2.34. The molecular formula is C15H10F3N3O2. The summed E-state index contributed by atoms with van der Waals surface area (Å²) in [5.41, 5.74) is -1.83. The zero-order valence-electron chi connectivity index (χ0n) is 11.6. The second-order valence-corrected chi connectivity index (χ2v) is 4.93. The molecule has 0 aliphatic carbocycles. The zero-order chi connectivity index (χ0) is 16.6. The molecule has 0 saturated carbocycles. The van der Waals surface area contributed by atoms with Gasteiger partial charge in [0.05, 0.1) is 6.54 Å². The highest BCUT2D eigenvalue weighted by molar-refractivity contribution is 5.87. The van der Waals surface area contributed by atoms with Gasteiger partial charge in [-0.1, -0.05) is 41.6 Å². The largest absolute Gasteiger partial charge is 0.476 e. The maximum atomic E-state index is 12.8. The number of carbonyl (C=O) groups is 1. The van der Waals surface area contributed by atoms with Crippen LogP contribution >= 0.6 is 0 Å². The van der Waals surface area contributed by atoms with Crippen molar-refractivity contribution in [3.05, 3.63) is 59.4 Å². The lowest BCUT2D eigenvalue weighted by molar-refractivity contribution is -0.141. The molecule has 0 saturated heterocycles. The average Bonchev–Trinajstić information content (AvgIpc) is 2.91. The minimum Gasteiger partial charge on any atom is -0.476 e. The van der Waals surface area contributed by atoms with Gasteiger partial charge in [0.1, 0.15) is 0 Å². The topological polar surface area (TPSA) is 68.0 Å². The van der Waals surface area contributed by atoms with E-state index in [0.717, 1.165) is 15.5 Å². The molecule has 2 aromatic carbocycles. The summed E-state index contributed by atoms with van der Waals surface area (Å²) in [4.78, 5) is 11.2. The Morgan fingerprint density at radius 2 is 1.83 bits per heavy atom. The van der Waals surface area contributed by atoms with E-state index in [-0.39, 0.29) is 6.54 Å². The first kappa shape index (κ1) is 15.0. The molecule has 0 unspecified atom stereocenters. The summed E-state index contributed by atoms with van der Waals surface area (Å²) < 4.78 is 39.1. The second-order valence-electron chi connectivity index (χ2n) is 4.93. The summed E-state index contributed by atoms with van der Waals surface area (Å²) in [5.74, 6) is -1.72. The van der Waals surface area contributed by atoms with Crippen molar-refractivity contribution < 1.29 is 23.1 Å². The Morgan fingerprint density at radius 3 is 2.48 bits per heavy atom. The van der Waals surface area contributed by atoms with Crippen LogP contribution < -0.4 is 0 Å². The van der Waals surface area contributed by atoms with Crippen molar-refractivity contribution >= 4 is 16.7 Å². The van der Waals surface area contributed by atoms with Crippen LogP contribution in [0.5, 0.6) is 0 Å². The summed E-state index contributed by atoms with van der Waals surface area (Å²) >= 11 is 0. The molecule has 23 heavy (non-hydrogen) atoms. The lowest BCUT2D eigenvalue weighted by Crippen LogP contribution is -2.17. The van der Waals surface area contributed by atoms with Crippen molar-refractivity contribution in [2.45, 2.75) is 12.7 Å². The number of halogens is 3. The monoisotopic (exact) mass is 321 g/mol. The van der Waals surface area contributed by atoms with Crippen molar-refractivity contribution in [1.82, 2.24) is 15.0 Å². The predicted octanol–water partition coefficient (Wildman–Crippen LogP) is 3.20. The summed E-state index contributed by atoms with van der Waals surface area (Å²) in [7, 11) is 0. The van der Waals surface area contributed by atoms with Gasteiger partial charge in [0.25, 0.3) is 0 Å². The number of rotatable bonds is 3. The van der Waals surface area contributed by atoms with E-state index in [0.29, 0.717) is 5.56 Å². The first-order chi connectivity index (χ1) is 10.9. The Bertz CT molecular complexity index is 887. The van der Waals surface area contributed by atoms with Crippen molar-refractivity contribution in [1.29, 1.82) is 0 Å². The number of aromatic nitrogens is 3. The van der Waals surface area contributed by atoms with Gasteiger partial charge in [-0.25, -0.2) is 9.48 Å². The van der Waals surface area contributed by atoms with E-state index in [9.17, 15) is 18.0 Å². The number of hydrogen-bond donors (Lipinski definition) is 1. The van der Waals surface area contributed by atoms with Gasteiger partial charge in [-0.05, 0) is 22.4 Å². The van der Waals surface area contributed by atoms with Gasteiger partial charge in [0.15, 0.2) is 5.69 Å². The van der Waals surface area contributed by atoms with E-state index in [4.69, 9.17) is 5.11 Å². The molecule has 0 amide bonds. The SMILES string of the molecule is O=C(O)c1c(C(F)(F)F)nnn1Cc1ccc2ccccc2c1. The lowest BCUT2D eigenvalue weighted by Gasteiger charge is -2.07. The molecule has 8 heteroatoms. The molecule has 0 spiro atoms. The Hall–Kier alpha value is -2.90. The number of hydrogen-bond acceptors (Lipinski definition) is 3. The number of nitrogens with zero attached hydrogens (tertiary/aromatic N) is 3. The molecule has 1 N–H and O–H groups in total. The Balaban J connectivity index is 2.01. The molecule has 5 nitrogen and oxygen atoms in total. The molecule has 0 fully saturated rings. The summed E-state index contributed by atoms with van der Waals surface area (Å²) in [6.07, 6.45) is -4.87. The molecular weight excluding hydrogens is 311 g/mol. The maximum Gasteiger partial charge on any atom is 0.437 e. The third-order valence-corrected chi connectivity index (χ3v) is 3.35. The highest BCUT2D eigenvalue weighted by Crippen LogP contribution is 2.30. The summed E-state index contributed by atoms with van der Waals surface area (Å²) in [6, 6.07) is 12.8. The van der Waals surface area contributed by atoms with Crippen LogP contribution in [0.2, 0.25) is 0 Å². The number of alkyl halides is 3. The van der Waals surface area contributed by atoms with E-state index in [1.54, 1.807) is 12.1 Å². The minimum absolute atomic E-state index is 0.116. The van der Waals surface area contributed by atoms with E-state index in [1.165, 1.54) is 0 Å². The molecule has 118 valence electrons. The number of fused-ring (bicyclic) bond motifs is 1. The number of carboxylic acids is 1. The normalized spacial score (nSPS) is 11.8. The Labute approximate surface area is 128 Å². The van der Waals surface area contributed by atoms with Crippen LogP contribution in [0.1, 0.15) is 21.7 Å². The van der Waals surface area contributed by atoms with Crippen LogP contribution in [0.15, 0.2) is 42.5 Å². The molecule has 0 aliphatic rings. The third-order valence-electron chi connectivity index (χ3n) is 3.35. The van der Waals surface area contributed by atoms with Crippen LogP contribution in [0.25, 0.3) is 10.8 Å². The van der Waals surface area contributed by atoms with Crippen molar-refractivity contribution in [3.8, 4) is 0 Å². The second kappa shape index (κ2) is 5.38. The van der Waals surface area contributed by atoms with E-state index < -0.39 is 23.5 Å². The predicted molar refractivity (Wildman–Crippen MR) is 75.0 cm³/mol. The lowest BCUT2D eigenvalue weighted by atomic mass is 10.1. The van der Waals surface area contributed by atoms with E-state index in [1.807, 2.05) is 30.3 Å². The molecule has 3 aromatic rings. The van der Waals surface area contributed by atoms with Gasteiger partial charge < -0.3 is 5.11 Å². The van der Waals surface area contributed by atoms with Gasteiger partial charge in [0.2, 0.25) is 5.69 Å². The minimum atomic E-state index is -4.87. The van der Waals surface area contributed by atoms with E-state index in [2.05, 4.69) is 10.3 Å². The quantitative estimate of drug-likeness (QED) is 0.804. The number of benzene rings is 2. The van der Waals surface area contributed by atoms with Crippen molar-refractivity contribution in [2.75, 3.05) is 0 Å². The number of carboxylic acid groups (broad SMARTS) is 1. The molecule has 1 aromatic heterocycles. The maximum absolute atomic E-state index is 12.8. The van der Waals surface area contributed by atoms with Gasteiger partial charge >= 0.3 is 12.1 Å². The average molecular weight is 321 g/mol. The van der Waals surface area contributed by atoms with Gasteiger partial charge in [-0.3, -0.25) is 0 Å². The highest BCUT2D eigenvalue weighted by atomic mass is 19.4. The first-order valence-electron chi connectivity index (χ1n) is 6.58. The van der Waals surface area contributed by atoms with Crippen LogP contribution in [0, 0.1) is 0 Å².